The van der Waals surface area contributed by atoms with E-state index in [4.69, 9.17) is 17.3 Å². The van der Waals surface area contributed by atoms with Crippen LogP contribution in [0.25, 0.3) is 22.2 Å². The summed E-state index contributed by atoms with van der Waals surface area (Å²) in [4.78, 5) is 14.7. The van der Waals surface area contributed by atoms with E-state index in [2.05, 4.69) is 15.2 Å². The Morgan fingerprint density at radius 3 is 2.67 bits per heavy atom. The minimum atomic E-state index is -0.260. The van der Waals surface area contributed by atoms with Gasteiger partial charge in [0.25, 0.3) is 5.56 Å². The SMILES string of the molecule is Nc1n[nH]c2cc(-c3ccc(Cl)cc3)[nH]c(=O)c12. The molecule has 0 aliphatic heterocycles. The fourth-order valence-corrected chi connectivity index (χ4v) is 1.99. The van der Waals surface area contributed by atoms with Gasteiger partial charge < -0.3 is 10.7 Å². The summed E-state index contributed by atoms with van der Waals surface area (Å²) in [7, 11) is 0. The van der Waals surface area contributed by atoms with E-state index in [0.29, 0.717) is 21.6 Å². The van der Waals surface area contributed by atoms with Gasteiger partial charge in [0.2, 0.25) is 0 Å². The predicted molar refractivity (Wildman–Crippen MR) is 71.6 cm³/mol. The van der Waals surface area contributed by atoms with Crippen LogP contribution in [0.15, 0.2) is 35.1 Å². The second kappa shape index (κ2) is 3.89. The zero-order chi connectivity index (χ0) is 12.7. The number of rotatable bonds is 1. The maximum Gasteiger partial charge on any atom is 0.261 e. The van der Waals surface area contributed by atoms with Gasteiger partial charge in [0.05, 0.1) is 11.2 Å². The first kappa shape index (κ1) is 10.9. The number of hydrogen-bond acceptors (Lipinski definition) is 3. The standard InChI is InChI=1S/C12H9ClN4O/c13-7-3-1-6(2-4-7)8-5-9-10(12(18)15-8)11(14)17-16-9/h1-5H,(H,15,18)(H3,14,16,17). The van der Waals surface area contributed by atoms with Crippen molar-refractivity contribution < 1.29 is 0 Å². The molecule has 2 heterocycles. The van der Waals surface area contributed by atoms with E-state index in [0.717, 1.165) is 5.56 Å². The Labute approximate surface area is 107 Å². The van der Waals surface area contributed by atoms with Gasteiger partial charge in [0.1, 0.15) is 5.39 Å². The number of aromatic nitrogens is 3. The Morgan fingerprint density at radius 2 is 1.94 bits per heavy atom. The zero-order valence-corrected chi connectivity index (χ0v) is 9.95. The largest absolute Gasteiger partial charge is 0.382 e. The molecule has 90 valence electrons. The van der Waals surface area contributed by atoms with Crippen LogP contribution in [-0.4, -0.2) is 15.2 Å². The van der Waals surface area contributed by atoms with Crippen molar-refractivity contribution in [3.8, 4) is 11.3 Å². The molecule has 0 radical (unpaired) electrons. The minimum Gasteiger partial charge on any atom is -0.382 e. The van der Waals surface area contributed by atoms with Gasteiger partial charge in [-0.15, -0.1) is 0 Å². The van der Waals surface area contributed by atoms with Gasteiger partial charge in [0, 0.05) is 5.02 Å². The number of H-pyrrole nitrogens is 2. The normalized spacial score (nSPS) is 10.9. The molecule has 3 rings (SSSR count). The van der Waals surface area contributed by atoms with E-state index in [1.807, 2.05) is 12.1 Å². The summed E-state index contributed by atoms with van der Waals surface area (Å²) in [6.07, 6.45) is 0. The number of nitrogens with one attached hydrogen (secondary N) is 2. The lowest BCUT2D eigenvalue weighted by Gasteiger charge is -2.02. The van der Waals surface area contributed by atoms with Crippen molar-refractivity contribution in [1.82, 2.24) is 15.2 Å². The lowest BCUT2D eigenvalue weighted by Crippen LogP contribution is -2.07. The van der Waals surface area contributed by atoms with Crippen LogP contribution in [0, 0.1) is 0 Å². The molecule has 5 nitrogen and oxygen atoms in total. The maximum absolute atomic E-state index is 11.9. The fraction of sp³-hybridized carbons (Fsp3) is 0. The molecule has 0 aliphatic carbocycles. The van der Waals surface area contributed by atoms with Crippen LogP contribution in [0.5, 0.6) is 0 Å². The molecule has 2 aromatic heterocycles. The first-order valence-corrected chi connectivity index (χ1v) is 5.66. The molecule has 3 aromatic rings. The van der Waals surface area contributed by atoms with Gasteiger partial charge in [-0.3, -0.25) is 9.89 Å². The lowest BCUT2D eigenvalue weighted by atomic mass is 10.1. The van der Waals surface area contributed by atoms with Crippen molar-refractivity contribution in [2.24, 2.45) is 0 Å². The van der Waals surface area contributed by atoms with Crippen LogP contribution in [0.3, 0.4) is 0 Å². The Morgan fingerprint density at radius 1 is 1.22 bits per heavy atom. The van der Waals surface area contributed by atoms with E-state index >= 15 is 0 Å². The first-order chi connectivity index (χ1) is 8.65. The predicted octanol–water partition coefficient (Wildman–Crippen LogP) is 2.15. The molecular formula is C12H9ClN4O. The van der Waals surface area contributed by atoms with Crippen LogP contribution >= 0.6 is 11.6 Å². The first-order valence-electron chi connectivity index (χ1n) is 5.28. The molecule has 0 fully saturated rings. The number of nitrogens with two attached hydrogens (primary N) is 1. The van der Waals surface area contributed by atoms with Crippen LogP contribution < -0.4 is 11.3 Å². The van der Waals surface area contributed by atoms with Crippen molar-refractivity contribution in [2.75, 3.05) is 5.73 Å². The maximum atomic E-state index is 11.9. The van der Waals surface area contributed by atoms with E-state index < -0.39 is 0 Å². The highest BCUT2D eigenvalue weighted by atomic mass is 35.5. The number of benzene rings is 1. The fourth-order valence-electron chi connectivity index (χ4n) is 1.86. The number of halogens is 1. The average molecular weight is 261 g/mol. The van der Waals surface area contributed by atoms with Crippen LogP contribution in [0.4, 0.5) is 5.82 Å². The van der Waals surface area contributed by atoms with Gasteiger partial charge in [-0.25, -0.2) is 0 Å². The van der Waals surface area contributed by atoms with E-state index in [1.54, 1.807) is 18.2 Å². The Kier molecular flexibility index (Phi) is 2.34. The third kappa shape index (κ3) is 1.65. The minimum absolute atomic E-state index is 0.203. The summed E-state index contributed by atoms with van der Waals surface area (Å²) in [5.74, 6) is 0.203. The molecule has 1 aromatic carbocycles. The molecule has 6 heteroatoms. The third-order valence-electron chi connectivity index (χ3n) is 2.74. The van der Waals surface area contributed by atoms with E-state index in [-0.39, 0.29) is 11.4 Å². The summed E-state index contributed by atoms with van der Waals surface area (Å²) in [5.41, 5.74) is 7.51. The van der Waals surface area contributed by atoms with Gasteiger partial charge in [-0.2, -0.15) is 5.10 Å². The monoisotopic (exact) mass is 260 g/mol. The molecule has 0 aliphatic rings. The Hall–Kier alpha value is -2.27. The molecule has 4 N–H and O–H groups in total. The lowest BCUT2D eigenvalue weighted by molar-refractivity contribution is 1.13. The second-order valence-corrected chi connectivity index (χ2v) is 4.35. The summed E-state index contributed by atoms with van der Waals surface area (Å²) >= 11 is 5.82. The molecule has 18 heavy (non-hydrogen) atoms. The second-order valence-electron chi connectivity index (χ2n) is 3.92. The highest BCUT2D eigenvalue weighted by Gasteiger charge is 2.09. The van der Waals surface area contributed by atoms with Crippen molar-refractivity contribution in [2.45, 2.75) is 0 Å². The number of hydrogen-bond donors (Lipinski definition) is 3. The summed E-state index contributed by atoms with van der Waals surface area (Å²) < 4.78 is 0. The topological polar surface area (TPSA) is 87.6 Å². The van der Waals surface area contributed by atoms with E-state index in [9.17, 15) is 4.79 Å². The van der Waals surface area contributed by atoms with Gasteiger partial charge in [-0.1, -0.05) is 23.7 Å². The Balaban J connectivity index is 2.25. The summed E-state index contributed by atoms with van der Waals surface area (Å²) in [6, 6.07) is 8.99. The number of pyridine rings is 1. The van der Waals surface area contributed by atoms with Gasteiger partial charge >= 0.3 is 0 Å². The number of nitrogens with zero attached hydrogens (tertiary/aromatic N) is 1. The highest BCUT2D eigenvalue weighted by molar-refractivity contribution is 6.30. The number of fused-ring (bicyclic) bond motifs is 1. The Bertz CT molecular complexity index is 773. The van der Waals surface area contributed by atoms with Crippen molar-refractivity contribution in [3.05, 3.63) is 45.7 Å². The number of anilines is 1. The van der Waals surface area contributed by atoms with Crippen LogP contribution in [0.1, 0.15) is 0 Å². The number of aromatic amines is 2. The molecule has 0 atom stereocenters. The smallest absolute Gasteiger partial charge is 0.261 e. The molecule has 0 bridgehead atoms. The molecule has 0 unspecified atom stereocenters. The third-order valence-corrected chi connectivity index (χ3v) is 2.99. The molecule has 0 spiro atoms. The molecule has 0 saturated carbocycles. The molecular weight excluding hydrogens is 252 g/mol. The molecule has 0 amide bonds. The number of nitrogen functional groups attached to an aromatic ring is 1. The summed E-state index contributed by atoms with van der Waals surface area (Å²) in [6.45, 7) is 0. The van der Waals surface area contributed by atoms with Crippen molar-refractivity contribution >= 4 is 28.3 Å². The highest BCUT2D eigenvalue weighted by Crippen LogP contribution is 2.22. The quantitative estimate of drug-likeness (QED) is 0.626. The van der Waals surface area contributed by atoms with E-state index in [1.165, 1.54) is 0 Å². The van der Waals surface area contributed by atoms with Crippen molar-refractivity contribution in [3.63, 3.8) is 0 Å². The summed E-state index contributed by atoms with van der Waals surface area (Å²) in [5, 5.41) is 7.57. The van der Waals surface area contributed by atoms with Crippen molar-refractivity contribution in [1.29, 1.82) is 0 Å². The zero-order valence-electron chi connectivity index (χ0n) is 9.20. The molecule has 0 saturated heterocycles. The van der Waals surface area contributed by atoms with Crippen LogP contribution in [-0.2, 0) is 0 Å². The van der Waals surface area contributed by atoms with Crippen LogP contribution in [0.2, 0.25) is 5.02 Å². The van der Waals surface area contributed by atoms with Gasteiger partial charge in [0.15, 0.2) is 5.82 Å². The van der Waals surface area contributed by atoms with Gasteiger partial charge in [-0.05, 0) is 23.8 Å². The average Bonchev–Trinajstić information content (AvgIpc) is 2.72.